The Labute approximate surface area is 111 Å². The largest absolute Gasteiger partial charge is 0.382 e. The van der Waals surface area contributed by atoms with Gasteiger partial charge >= 0.3 is 0 Å². The Morgan fingerprint density at radius 1 is 1.06 bits per heavy atom. The molecule has 0 atom stereocenters. The maximum atomic E-state index is 3.70. The van der Waals surface area contributed by atoms with Crippen molar-refractivity contribution in [3.05, 3.63) is 29.3 Å². The molecule has 0 amide bonds. The predicted octanol–water partition coefficient (Wildman–Crippen LogP) is 3.59. The Kier molecular flexibility index (Phi) is 4.28. The topological polar surface area (TPSA) is 15.3 Å². The molecule has 0 aliphatic carbocycles. The molecule has 18 heavy (non-hydrogen) atoms. The first kappa shape index (κ1) is 13.4. The first-order valence-electron chi connectivity index (χ1n) is 7.13. The van der Waals surface area contributed by atoms with Gasteiger partial charge in [-0.15, -0.1) is 0 Å². The Bertz CT molecular complexity index is 370. The molecule has 1 aromatic carbocycles. The molecule has 0 saturated carbocycles. The molecule has 1 N–H and O–H groups in total. The summed E-state index contributed by atoms with van der Waals surface area (Å²) in [6, 6.07) is 8.06. The van der Waals surface area contributed by atoms with Crippen molar-refractivity contribution in [2.45, 2.75) is 52.6 Å². The molecule has 2 nitrogen and oxygen atoms in total. The van der Waals surface area contributed by atoms with E-state index in [0.717, 1.165) is 0 Å². The van der Waals surface area contributed by atoms with E-state index in [9.17, 15) is 0 Å². The number of hydrogen-bond acceptors (Lipinski definition) is 2. The van der Waals surface area contributed by atoms with Gasteiger partial charge in [-0.1, -0.05) is 6.07 Å². The summed E-state index contributed by atoms with van der Waals surface area (Å²) in [5.74, 6) is 0. The maximum absolute atomic E-state index is 3.70. The van der Waals surface area contributed by atoms with E-state index in [2.05, 4.69) is 56.1 Å². The van der Waals surface area contributed by atoms with Crippen molar-refractivity contribution in [2.75, 3.05) is 18.4 Å². The lowest BCUT2D eigenvalue weighted by molar-refractivity contribution is 0.177. The van der Waals surface area contributed by atoms with Gasteiger partial charge in [-0.25, -0.2) is 0 Å². The van der Waals surface area contributed by atoms with Gasteiger partial charge < -0.3 is 10.2 Å². The number of rotatable bonds is 3. The highest BCUT2D eigenvalue weighted by atomic mass is 15.2. The van der Waals surface area contributed by atoms with Gasteiger partial charge in [-0.05, 0) is 63.8 Å². The van der Waals surface area contributed by atoms with Crippen LogP contribution < -0.4 is 5.32 Å². The van der Waals surface area contributed by atoms with Crippen LogP contribution in [0.5, 0.6) is 0 Å². The number of nitrogens with zero attached hydrogens (tertiary/aromatic N) is 1. The Morgan fingerprint density at radius 3 is 2.11 bits per heavy atom. The number of piperidine rings is 1. The SMILES string of the molecule is Cc1cc(C)cc(NC2CCN(C(C)C)CC2)c1. The van der Waals surface area contributed by atoms with Crippen LogP contribution in [0.4, 0.5) is 5.69 Å². The van der Waals surface area contributed by atoms with Crippen LogP contribution in [0, 0.1) is 13.8 Å². The molecular formula is C16H26N2. The standard InChI is InChI=1S/C16H26N2/c1-12(2)18-7-5-15(6-8-18)17-16-10-13(3)9-14(4)11-16/h9-12,15,17H,5-8H2,1-4H3. The molecule has 2 heteroatoms. The summed E-state index contributed by atoms with van der Waals surface area (Å²) in [4.78, 5) is 2.57. The van der Waals surface area contributed by atoms with Crippen LogP contribution >= 0.6 is 0 Å². The summed E-state index contributed by atoms with van der Waals surface area (Å²) in [5.41, 5.74) is 3.98. The second-order valence-corrected chi connectivity index (χ2v) is 5.92. The van der Waals surface area contributed by atoms with E-state index in [0.29, 0.717) is 12.1 Å². The zero-order valence-electron chi connectivity index (χ0n) is 12.2. The van der Waals surface area contributed by atoms with Crippen molar-refractivity contribution in [2.24, 2.45) is 0 Å². The van der Waals surface area contributed by atoms with Gasteiger partial charge in [0.05, 0.1) is 0 Å². The second kappa shape index (κ2) is 5.75. The first-order valence-corrected chi connectivity index (χ1v) is 7.13. The molecule has 1 heterocycles. The van der Waals surface area contributed by atoms with Crippen LogP contribution in [-0.2, 0) is 0 Å². The highest BCUT2D eigenvalue weighted by Gasteiger charge is 2.20. The molecule has 0 unspecified atom stereocenters. The predicted molar refractivity (Wildman–Crippen MR) is 79.3 cm³/mol. The third-order valence-corrected chi connectivity index (χ3v) is 3.85. The van der Waals surface area contributed by atoms with Gasteiger partial charge in [0.1, 0.15) is 0 Å². The molecule has 1 fully saturated rings. The summed E-state index contributed by atoms with van der Waals surface area (Å²) in [5, 5.41) is 3.70. The number of benzene rings is 1. The Hall–Kier alpha value is -1.02. The van der Waals surface area contributed by atoms with Crippen molar-refractivity contribution >= 4 is 5.69 Å². The zero-order valence-corrected chi connectivity index (χ0v) is 12.2. The molecule has 0 spiro atoms. The fraction of sp³-hybridized carbons (Fsp3) is 0.625. The number of nitrogens with one attached hydrogen (secondary N) is 1. The summed E-state index contributed by atoms with van der Waals surface area (Å²) in [7, 11) is 0. The van der Waals surface area contributed by atoms with E-state index in [4.69, 9.17) is 0 Å². The quantitative estimate of drug-likeness (QED) is 0.877. The van der Waals surface area contributed by atoms with Gasteiger partial charge in [-0.2, -0.15) is 0 Å². The number of hydrogen-bond donors (Lipinski definition) is 1. The number of likely N-dealkylation sites (tertiary alicyclic amines) is 1. The van der Waals surface area contributed by atoms with E-state index in [1.165, 1.54) is 42.7 Å². The molecule has 0 bridgehead atoms. The smallest absolute Gasteiger partial charge is 0.0347 e. The van der Waals surface area contributed by atoms with E-state index >= 15 is 0 Å². The fourth-order valence-corrected chi connectivity index (χ4v) is 2.85. The van der Waals surface area contributed by atoms with Crippen molar-refractivity contribution in [1.82, 2.24) is 4.90 Å². The minimum atomic E-state index is 0.640. The van der Waals surface area contributed by atoms with Crippen molar-refractivity contribution in [3.8, 4) is 0 Å². The van der Waals surface area contributed by atoms with Gasteiger partial charge in [0, 0.05) is 30.9 Å². The maximum Gasteiger partial charge on any atom is 0.0347 e. The molecule has 0 radical (unpaired) electrons. The molecule has 100 valence electrons. The lowest BCUT2D eigenvalue weighted by Crippen LogP contribution is -2.42. The molecular weight excluding hydrogens is 220 g/mol. The van der Waals surface area contributed by atoms with E-state index in [-0.39, 0.29) is 0 Å². The third-order valence-electron chi connectivity index (χ3n) is 3.85. The van der Waals surface area contributed by atoms with E-state index in [1.807, 2.05) is 0 Å². The average Bonchev–Trinajstić information content (AvgIpc) is 2.28. The highest BCUT2D eigenvalue weighted by Crippen LogP contribution is 2.20. The Balaban J connectivity index is 1.91. The third kappa shape index (κ3) is 3.49. The van der Waals surface area contributed by atoms with Gasteiger partial charge in [0.25, 0.3) is 0 Å². The number of anilines is 1. The van der Waals surface area contributed by atoms with E-state index in [1.54, 1.807) is 0 Å². The first-order chi connectivity index (χ1) is 8.54. The normalized spacial score (nSPS) is 18.3. The molecule has 2 rings (SSSR count). The zero-order chi connectivity index (χ0) is 13.1. The van der Waals surface area contributed by atoms with Crippen LogP contribution in [0.1, 0.15) is 37.8 Å². The van der Waals surface area contributed by atoms with Crippen molar-refractivity contribution < 1.29 is 0 Å². The van der Waals surface area contributed by atoms with Crippen LogP contribution in [0.15, 0.2) is 18.2 Å². The van der Waals surface area contributed by atoms with Gasteiger partial charge in [0.15, 0.2) is 0 Å². The molecule has 1 aliphatic rings. The van der Waals surface area contributed by atoms with Crippen molar-refractivity contribution in [1.29, 1.82) is 0 Å². The molecule has 1 aromatic rings. The fourth-order valence-electron chi connectivity index (χ4n) is 2.85. The van der Waals surface area contributed by atoms with E-state index < -0.39 is 0 Å². The lowest BCUT2D eigenvalue weighted by Gasteiger charge is -2.35. The lowest BCUT2D eigenvalue weighted by atomic mass is 10.0. The van der Waals surface area contributed by atoms with Crippen LogP contribution in [0.2, 0.25) is 0 Å². The molecule has 0 aromatic heterocycles. The van der Waals surface area contributed by atoms with Crippen molar-refractivity contribution in [3.63, 3.8) is 0 Å². The number of aryl methyl sites for hydroxylation is 2. The molecule has 1 saturated heterocycles. The van der Waals surface area contributed by atoms with Crippen LogP contribution in [-0.4, -0.2) is 30.1 Å². The van der Waals surface area contributed by atoms with Gasteiger partial charge in [-0.3, -0.25) is 0 Å². The Morgan fingerprint density at radius 2 is 1.61 bits per heavy atom. The highest BCUT2D eigenvalue weighted by molar-refractivity contribution is 5.49. The van der Waals surface area contributed by atoms with Gasteiger partial charge in [0.2, 0.25) is 0 Å². The second-order valence-electron chi connectivity index (χ2n) is 5.92. The average molecular weight is 246 g/mol. The summed E-state index contributed by atoms with van der Waals surface area (Å²) < 4.78 is 0. The summed E-state index contributed by atoms with van der Waals surface area (Å²) >= 11 is 0. The monoisotopic (exact) mass is 246 g/mol. The summed E-state index contributed by atoms with van der Waals surface area (Å²) in [6.45, 7) is 11.4. The minimum Gasteiger partial charge on any atom is -0.382 e. The molecule has 1 aliphatic heterocycles. The summed E-state index contributed by atoms with van der Waals surface area (Å²) in [6.07, 6.45) is 2.51. The minimum absolute atomic E-state index is 0.640. The van der Waals surface area contributed by atoms with Crippen LogP contribution in [0.3, 0.4) is 0 Å². The van der Waals surface area contributed by atoms with Crippen LogP contribution in [0.25, 0.3) is 0 Å².